The average molecular weight is 322 g/mol. The van der Waals surface area contributed by atoms with E-state index < -0.39 is 30.8 Å². The Balaban J connectivity index is 0. The maximum atomic E-state index is 11.8. The summed E-state index contributed by atoms with van der Waals surface area (Å²) in [6, 6.07) is 0. The highest BCUT2D eigenvalue weighted by atomic mass is 16.6. The van der Waals surface area contributed by atoms with Crippen LogP contribution in [0.5, 0.6) is 0 Å². The molecule has 0 saturated heterocycles. The van der Waals surface area contributed by atoms with E-state index in [0.29, 0.717) is 12.8 Å². The van der Waals surface area contributed by atoms with E-state index in [1.54, 1.807) is 21.1 Å². The number of hydrogen-bond donors (Lipinski definition) is 2. The zero-order valence-corrected chi connectivity index (χ0v) is 14.2. The van der Waals surface area contributed by atoms with Gasteiger partial charge < -0.3 is 24.4 Å². The molecule has 0 aromatic carbocycles. The summed E-state index contributed by atoms with van der Waals surface area (Å²) >= 11 is 0. The number of esters is 2. The molecule has 0 saturated carbocycles. The Morgan fingerprint density at radius 2 is 1.64 bits per heavy atom. The Kier molecular flexibility index (Phi) is 15.5. The number of carbonyl (C=O) groups excluding carboxylic acids is 2. The van der Waals surface area contributed by atoms with Gasteiger partial charge in [0.15, 0.2) is 0 Å². The number of rotatable bonds is 9. The lowest BCUT2D eigenvalue weighted by atomic mass is 10.1. The van der Waals surface area contributed by atoms with Gasteiger partial charge in [-0.3, -0.25) is 9.59 Å². The first-order chi connectivity index (χ1) is 10.4. The molecule has 0 amide bonds. The molecule has 0 aromatic rings. The van der Waals surface area contributed by atoms with Gasteiger partial charge in [0.25, 0.3) is 0 Å². The maximum absolute atomic E-state index is 11.8. The fourth-order valence-electron chi connectivity index (χ4n) is 1.50. The van der Waals surface area contributed by atoms with E-state index in [4.69, 9.17) is 9.84 Å². The van der Waals surface area contributed by atoms with Crippen LogP contribution in [0.4, 0.5) is 0 Å². The Morgan fingerprint density at radius 3 is 2.00 bits per heavy atom. The standard InChI is InChI=1S/C13H24O6.C2H6O/c1-4-7-9(5-2)18-12(16)10(8-14)13(17)19-11(15)6-3;1-3-2/h9-10,13-14,17H,4-8H2,1-3H3;1-2H3. The Hall–Kier alpha value is -1.18. The van der Waals surface area contributed by atoms with Gasteiger partial charge in [-0.05, 0) is 12.8 Å². The van der Waals surface area contributed by atoms with Gasteiger partial charge in [-0.15, -0.1) is 0 Å². The second-order valence-electron chi connectivity index (χ2n) is 4.69. The minimum Gasteiger partial charge on any atom is -0.462 e. The van der Waals surface area contributed by atoms with Crippen LogP contribution in [0.25, 0.3) is 0 Å². The van der Waals surface area contributed by atoms with Gasteiger partial charge in [0.1, 0.15) is 12.0 Å². The van der Waals surface area contributed by atoms with Crippen molar-refractivity contribution in [3.8, 4) is 0 Å². The first-order valence-corrected chi connectivity index (χ1v) is 7.50. The second kappa shape index (κ2) is 14.7. The molecule has 0 spiro atoms. The number of methoxy groups -OCH3 is 1. The first kappa shape index (κ1) is 23.1. The lowest BCUT2D eigenvalue weighted by molar-refractivity contribution is -0.191. The molecule has 0 fully saturated rings. The SMILES string of the molecule is CCCC(CC)OC(=O)C(CO)C(O)OC(=O)CC.COC. The van der Waals surface area contributed by atoms with Crippen LogP contribution in [0.2, 0.25) is 0 Å². The average Bonchev–Trinajstić information content (AvgIpc) is 2.48. The van der Waals surface area contributed by atoms with E-state index in [9.17, 15) is 14.7 Å². The van der Waals surface area contributed by atoms with E-state index in [-0.39, 0.29) is 12.5 Å². The fourth-order valence-corrected chi connectivity index (χ4v) is 1.50. The lowest BCUT2D eigenvalue weighted by Crippen LogP contribution is -2.37. The van der Waals surface area contributed by atoms with E-state index in [1.165, 1.54) is 0 Å². The van der Waals surface area contributed by atoms with E-state index in [2.05, 4.69) is 9.47 Å². The molecule has 22 heavy (non-hydrogen) atoms. The van der Waals surface area contributed by atoms with Crippen LogP contribution in [0, 0.1) is 5.92 Å². The molecule has 0 radical (unpaired) electrons. The molecule has 3 unspecified atom stereocenters. The van der Waals surface area contributed by atoms with Crippen LogP contribution in [-0.4, -0.2) is 55.4 Å². The van der Waals surface area contributed by atoms with Gasteiger partial charge in [-0.25, -0.2) is 0 Å². The molecular formula is C15H30O7. The summed E-state index contributed by atoms with van der Waals surface area (Å²) in [7, 11) is 3.25. The molecule has 7 nitrogen and oxygen atoms in total. The van der Waals surface area contributed by atoms with Crippen LogP contribution in [0.3, 0.4) is 0 Å². The number of hydrogen-bond acceptors (Lipinski definition) is 7. The van der Waals surface area contributed by atoms with Crippen molar-refractivity contribution >= 4 is 11.9 Å². The molecule has 0 bridgehead atoms. The number of aliphatic hydroxyl groups is 2. The largest absolute Gasteiger partial charge is 0.462 e. The molecule has 7 heteroatoms. The van der Waals surface area contributed by atoms with Gasteiger partial charge in [-0.2, -0.15) is 0 Å². The quantitative estimate of drug-likeness (QED) is 0.486. The smallest absolute Gasteiger partial charge is 0.317 e. The Morgan fingerprint density at radius 1 is 1.09 bits per heavy atom. The van der Waals surface area contributed by atoms with Crippen molar-refractivity contribution < 1.29 is 34.0 Å². The molecule has 0 aliphatic rings. The minimum atomic E-state index is -1.68. The summed E-state index contributed by atoms with van der Waals surface area (Å²) in [5, 5.41) is 18.7. The predicted octanol–water partition coefficient (Wildman–Crippen LogP) is 1.25. The highest BCUT2D eigenvalue weighted by Gasteiger charge is 2.31. The van der Waals surface area contributed by atoms with Crippen LogP contribution in [-0.2, 0) is 23.8 Å². The molecule has 0 aromatic heterocycles. The summed E-state index contributed by atoms with van der Waals surface area (Å²) in [6.45, 7) is 4.78. The molecule has 2 N–H and O–H groups in total. The lowest BCUT2D eigenvalue weighted by Gasteiger charge is -2.22. The number of carbonyl (C=O) groups is 2. The molecular weight excluding hydrogens is 292 g/mol. The normalized spacial score (nSPS) is 14.1. The van der Waals surface area contributed by atoms with Crippen LogP contribution in [0.1, 0.15) is 46.5 Å². The molecule has 0 aliphatic heterocycles. The van der Waals surface area contributed by atoms with Gasteiger partial charge in [0.2, 0.25) is 6.29 Å². The van der Waals surface area contributed by atoms with Crippen molar-refractivity contribution in [2.75, 3.05) is 20.8 Å². The summed E-state index contributed by atoms with van der Waals surface area (Å²) in [4.78, 5) is 22.8. The van der Waals surface area contributed by atoms with Crippen LogP contribution < -0.4 is 0 Å². The third kappa shape index (κ3) is 10.5. The monoisotopic (exact) mass is 322 g/mol. The minimum absolute atomic E-state index is 0.0810. The zero-order chi connectivity index (χ0) is 17.5. The predicted molar refractivity (Wildman–Crippen MR) is 81.0 cm³/mol. The number of ether oxygens (including phenoxy) is 3. The highest BCUT2D eigenvalue weighted by molar-refractivity contribution is 5.74. The van der Waals surface area contributed by atoms with E-state index in [0.717, 1.165) is 6.42 Å². The summed E-state index contributed by atoms with van der Waals surface area (Å²) in [5.41, 5.74) is 0. The Labute approximate surface area is 132 Å². The second-order valence-corrected chi connectivity index (χ2v) is 4.69. The van der Waals surface area contributed by atoms with Crippen LogP contribution in [0.15, 0.2) is 0 Å². The molecule has 0 rings (SSSR count). The first-order valence-electron chi connectivity index (χ1n) is 7.50. The van der Waals surface area contributed by atoms with Gasteiger partial charge >= 0.3 is 11.9 Å². The van der Waals surface area contributed by atoms with Crippen molar-refractivity contribution in [3.05, 3.63) is 0 Å². The summed E-state index contributed by atoms with van der Waals surface area (Å²) in [5.74, 6) is -2.65. The van der Waals surface area contributed by atoms with Crippen molar-refractivity contribution in [1.82, 2.24) is 0 Å². The topological polar surface area (TPSA) is 102 Å². The van der Waals surface area contributed by atoms with Crippen molar-refractivity contribution in [2.24, 2.45) is 5.92 Å². The van der Waals surface area contributed by atoms with Crippen molar-refractivity contribution in [2.45, 2.75) is 58.8 Å². The molecule has 3 atom stereocenters. The molecule has 0 heterocycles. The fraction of sp³-hybridized carbons (Fsp3) is 0.867. The molecule has 0 aliphatic carbocycles. The summed E-state index contributed by atoms with van der Waals surface area (Å²) < 4.78 is 14.0. The Bertz CT molecular complexity index is 294. The van der Waals surface area contributed by atoms with Gasteiger partial charge in [0, 0.05) is 20.6 Å². The number of aliphatic hydroxyl groups excluding tert-OH is 2. The molecule has 132 valence electrons. The van der Waals surface area contributed by atoms with E-state index in [1.807, 2.05) is 13.8 Å². The third-order valence-electron chi connectivity index (χ3n) is 2.73. The van der Waals surface area contributed by atoms with Gasteiger partial charge in [0.05, 0.1) is 6.61 Å². The van der Waals surface area contributed by atoms with Crippen molar-refractivity contribution in [3.63, 3.8) is 0 Å². The highest BCUT2D eigenvalue weighted by Crippen LogP contribution is 2.14. The van der Waals surface area contributed by atoms with Crippen molar-refractivity contribution in [1.29, 1.82) is 0 Å². The van der Waals surface area contributed by atoms with Crippen LogP contribution >= 0.6 is 0 Å². The summed E-state index contributed by atoms with van der Waals surface area (Å²) in [6.07, 6.45) is 0.388. The third-order valence-corrected chi connectivity index (χ3v) is 2.73. The van der Waals surface area contributed by atoms with E-state index >= 15 is 0 Å². The maximum Gasteiger partial charge on any atom is 0.317 e. The van der Waals surface area contributed by atoms with Gasteiger partial charge in [-0.1, -0.05) is 27.2 Å². The zero-order valence-electron chi connectivity index (χ0n) is 14.2.